The molecule has 2 nitrogen and oxygen atoms in total. The lowest BCUT2D eigenvalue weighted by Crippen LogP contribution is -2.42. The highest BCUT2D eigenvalue weighted by atomic mass is 19.1. The number of nitriles is 1. The van der Waals surface area contributed by atoms with Gasteiger partial charge in [-0.1, -0.05) is 6.07 Å². The number of hydrogen-bond donors (Lipinski definition) is 0. The molecule has 0 N–H and O–H groups in total. The van der Waals surface area contributed by atoms with Gasteiger partial charge in [0, 0.05) is 18.4 Å². The van der Waals surface area contributed by atoms with Crippen LogP contribution in [0.3, 0.4) is 0 Å². The Hall–Kier alpha value is -1.76. The molecule has 1 fully saturated rings. The van der Waals surface area contributed by atoms with Gasteiger partial charge < -0.3 is 0 Å². The molecule has 1 aliphatic carbocycles. The Morgan fingerprint density at radius 3 is 2.50 bits per heavy atom. The van der Waals surface area contributed by atoms with Crippen LogP contribution in [0.25, 0.3) is 0 Å². The second-order valence-electron chi connectivity index (χ2n) is 4.14. The Balaban J connectivity index is 2.60. The van der Waals surface area contributed by atoms with E-state index in [2.05, 4.69) is 0 Å². The van der Waals surface area contributed by atoms with E-state index in [1.54, 1.807) is 0 Å². The zero-order valence-corrected chi connectivity index (χ0v) is 8.68. The number of carbonyl (C=O) groups excluding carboxylic acids is 1. The van der Waals surface area contributed by atoms with Crippen molar-refractivity contribution in [3.63, 3.8) is 0 Å². The summed E-state index contributed by atoms with van der Waals surface area (Å²) < 4.78 is 27.3. The maximum Gasteiger partial charge on any atom is 0.136 e. The van der Waals surface area contributed by atoms with E-state index in [0.29, 0.717) is 0 Å². The van der Waals surface area contributed by atoms with Crippen LogP contribution in [-0.4, -0.2) is 5.78 Å². The third-order valence-corrected chi connectivity index (χ3v) is 2.97. The molecule has 16 heavy (non-hydrogen) atoms. The van der Waals surface area contributed by atoms with E-state index in [-0.39, 0.29) is 29.8 Å². The standard InChI is InChI=1S/C12H9F2NO/c1-7-2-3-9(13)10(11(7)14)12(6-15)4-8(16)5-12/h2-3H,4-5H2,1H3. The lowest BCUT2D eigenvalue weighted by atomic mass is 9.64. The van der Waals surface area contributed by atoms with Crippen molar-refractivity contribution in [3.05, 3.63) is 34.9 Å². The minimum atomic E-state index is -1.29. The van der Waals surface area contributed by atoms with Gasteiger partial charge in [-0.25, -0.2) is 8.78 Å². The average molecular weight is 221 g/mol. The van der Waals surface area contributed by atoms with Gasteiger partial charge in [0.15, 0.2) is 0 Å². The van der Waals surface area contributed by atoms with Crippen molar-refractivity contribution >= 4 is 5.78 Å². The summed E-state index contributed by atoms with van der Waals surface area (Å²) in [6, 6.07) is 4.32. The highest BCUT2D eigenvalue weighted by Crippen LogP contribution is 2.43. The summed E-state index contributed by atoms with van der Waals surface area (Å²) in [5, 5.41) is 9.01. The van der Waals surface area contributed by atoms with Crippen molar-refractivity contribution in [2.45, 2.75) is 25.2 Å². The molecule has 1 saturated carbocycles. The Labute approximate surface area is 91.5 Å². The summed E-state index contributed by atoms with van der Waals surface area (Å²) in [6.07, 6.45) is -0.193. The maximum absolute atomic E-state index is 13.8. The fourth-order valence-electron chi connectivity index (χ4n) is 2.03. The predicted molar refractivity (Wildman–Crippen MR) is 52.6 cm³/mol. The number of hydrogen-bond acceptors (Lipinski definition) is 2. The Morgan fingerprint density at radius 2 is 2.00 bits per heavy atom. The first-order valence-corrected chi connectivity index (χ1v) is 4.88. The molecule has 1 aliphatic rings. The first kappa shape index (κ1) is 10.7. The molecule has 0 radical (unpaired) electrons. The molecule has 4 heteroatoms. The van der Waals surface area contributed by atoms with Crippen LogP contribution in [0, 0.1) is 29.9 Å². The molecule has 1 aromatic carbocycles. The van der Waals surface area contributed by atoms with Crippen molar-refractivity contribution in [2.75, 3.05) is 0 Å². The van der Waals surface area contributed by atoms with E-state index < -0.39 is 17.0 Å². The summed E-state index contributed by atoms with van der Waals surface area (Å²) in [4.78, 5) is 11.0. The molecule has 2 rings (SSSR count). The van der Waals surface area contributed by atoms with Gasteiger partial charge in [0.25, 0.3) is 0 Å². The van der Waals surface area contributed by atoms with E-state index in [1.807, 2.05) is 6.07 Å². The first-order chi connectivity index (χ1) is 7.50. The summed E-state index contributed by atoms with van der Waals surface area (Å²) in [5.41, 5.74) is -1.27. The fraction of sp³-hybridized carbons (Fsp3) is 0.333. The highest BCUT2D eigenvalue weighted by molar-refractivity contribution is 5.90. The van der Waals surface area contributed by atoms with Crippen LogP contribution >= 0.6 is 0 Å². The summed E-state index contributed by atoms with van der Waals surface area (Å²) in [6.45, 7) is 1.50. The zero-order valence-electron chi connectivity index (χ0n) is 8.68. The summed E-state index contributed by atoms with van der Waals surface area (Å²) >= 11 is 0. The number of ketones is 1. The van der Waals surface area contributed by atoms with Crippen molar-refractivity contribution in [3.8, 4) is 6.07 Å². The number of nitrogens with zero attached hydrogens (tertiary/aromatic N) is 1. The quantitative estimate of drug-likeness (QED) is 0.730. The second-order valence-corrected chi connectivity index (χ2v) is 4.14. The third-order valence-electron chi connectivity index (χ3n) is 2.97. The number of rotatable bonds is 1. The molecule has 82 valence electrons. The number of halogens is 2. The third kappa shape index (κ3) is 1.32. The van der Waals surface area contributed by atoms with Crippen LogP contribution in [0.15, 0.2) is 12.1 Å². The molecular weight excluding hydrogens is 212 g/mol. The van der Waals surface area contributed by atoms with Crippen molar-refractivity contribution < 1.29 is 13.6 Å². The van der Waals surface area contributed by atoms with E-state index in [9.17, 15) is 13.6 Å². The summed E-state index contributed by atoms with van der Waals surface area (Å²) in [7, 11) is 0. The van der Waals surface area contributed by atoms with Gasteiger partial charge in [-0.2, -0.15) is 5.26 Å². The van der Waals surface area contributed by atoms with Gasteiger partial charge in [0.2, 0.25) is 0 Å². The van der Waals surface area contributed by atoms with Gasteiger partial charge in [0.1, 0.15) is 22.8 Å². The topological polar surface area (TPSA) is 40.9 Å². The highest BCUT2D eigenvalue weighted by Gasteiger charge is 2.49. The summed E-state index contributed by atoms with van der Waals surface area (Å²) in [5.74, 6) is -1.60. The molecule has 0 amide bonds. The first-order valence-electron chi connectivity index (χ1n) is 4.88. The molecule has 0 unspecified atom stereocenters. The van der Waals surface area contributed by atoms with Crippen LogP contribution in [0.5, 0.6) is 0 Å². The second kappa shape index (κ2) is 3.38. The molecule has 0 atom stereocenters. The smallest absolute Gasteiger partial charge is 0.136 e. The number of aryl methyl sites for hydroxylation is 1. The largest absolute Gasteiger partial charge is 0.300 e. The lowest BCUT2D eigenvalue weighted by Gasteiger charge is -2.34. The molecule has 0 aliphatic heterocycles. The Kier molecular flexibility index (Phi) is 2.27. The number of carbonyl (C=O) groups is 1. The molecule has 0 aromatic heterocycles. The van der Waals surface area contributed by atoms with Crippen molar-refractivity contribution in [1.29, 1.82) is 5.26 Å². The molecule has 0 spiro atoms. The predicted octanol–water partition coefficient (Wildman–Crippen LogP) is 2.40. The minimum Gasteiger partial charge on any atom is -0.300 e. The van der Waals surface area contributed by atoms with Crippen LogP contribution in [0.4, 0.5) is 8.78 Å². The van der Waals surface area contributed by atoms with Gasteiger partial charge in [-0.15, -0.1) is 0 Å². The van der Waals surface area contributed by atoms with E-state index >= 15 is 0 Å². The van der Waals surface area contributed by atoms with E-state index in [1.165, 1.54) is 13.0 Å². The van der Waals surface area contributed by atoms with Crippen LogP contribution in [0.2, 0.25) is 0 Å². The van der Waals surface area contributed by atoms with Crippen molar-refractivity contribution in [2.24, 2.45) is 0 Å². The lowest BCUT2D eigenvalue weighted by molar-refractivity contribution is -0.126. The normalized spacial score (nSPS) is 17.8. The minimum absolute atomic E-state index is 0.0964. The SMILES string of the molecule is Cc1ccc(F)c(C2(C#N)CC(=O)C2)c1F. The van der Waals surface area contributed by atoms with Gasteiger partial charge in [-0.3, -0.25) is 4.79 Å². The van der Waals surface area contributed by atoms with Crippen LogP contribution < -0.4 is 0 Å². The Bertz CT molecular complexity index is 508. The molecule has 1 aromatic rings. The maximum atomic E-state index is 13.8. The average Bonchev–Trinajstić information content (AvgIpc) is 2.21. The molecule has 0 saturated heterocycles. The fourth-order valence-corrected chi connectivity index (χ4v) is 2.03. The number of Topliss-reactive ketones (excluding diaryl/α,β-unsaturated/α-hetero) is 1. The molecular formula is C12H9F2NO. The zero-order chi connectivity index (χ0) is 11.9. The molecule has 0 heterocycles. The monoisotopic (exact) mass is 221 g/mol. The molecule has 0 bridgehead atoms. The van der Waals surface area contributed by atoms with Crippen molar-refractivity contribution in [1.82, 2.24) is 0 Å². The van der Waals surface area contributed by atoms with Crippen LogP contribution in [0.1, 0.15) is 24.0 Å². The van der Waals surface area contributed by atoms with E-state index in [4.69, 9.17) is 5.26 Å². The van der Waals surface area contributed by atoms with E-state index in [0.717, 1.165) is 6.07 Å². The van der Waals surface area contributed by atoms with Gasteiger partial charge >= 0.3 is 0 Å². The Morgan fingerprint density at radius 1 is 1.38 bits per heavy atom. The number of benzene rings is 1. The van der Waals surface area contributed by atoms with Gasteiger partial charge in [-0.05, 0) is 18.6 Å². The van der Waals surface area contributed by atoms with Crippen LogP contribution in [-0.2, 0) is 10.2 Å². The van der Waals surface area contributed by atoms with Gasteiger partial charge in [0.05, 0.1) is 6.07 Å².